The van der Waals surface area contributed by atoms with Crippen LogP contribution in [0.2, 0.25) is 0 Å². The highest BCUT2D eigenvalue weighted by molar-refractivity contribution is 7.91. The van der Waals surface area contributed by atoms with E-state index in [9.17, 15) is 8.42 Å². The van der Waals surface area contributed by atoms with E-state index >= 15 is 0 Å². The van der Waals surface area contributed by atoms with Crippen LogP contribution in [0.3, 0.4) is 0 Å². The average molecular weight is 269 g/mol. The van der Waals surface area contributed by atoms with Crippen molar-refractivity contribution in [3.63, 3.8) is 0 Å². The first-order valence-electron chi connectivity index (χ1n) is 5.62. The lowest BCUT2D eigenvalue weighted by Gasteiger charge is -2.04. The molecule has 0 saturated carbocycles. The van der Waals surface area contributed by atoms with Gasteiger partial charge in [0.15, 0.2) is 15.5 Å². The van der Waals surface area contributed by atoms with Crippen LogP contribution >= 0.6 is 0 Å². The molecule has 0 aromatic carbocycles. The zero-order valence-electron chi connectivity index (χ0n) is 10.3. The maximum Gasteiger partial charge on any atom is 0.163 e. The van der Waals surface area contributed by atoms with Crippen molar-refractivity contribution >= 4 is 26.7 Å². The van der Waals surface area contributed by atoms with Gasteiger partial charge in [-0.2, -0.15) is 5.10 Å². The molecular formula is C10H15N5O2S. The van der Waals surface area contributed by atoms with Crippen molar-refractivity contribution < 1.29 is 8.42 Å². The van der Waals surface area contributed by atoms with Crippen LogP contribution < -0.4 is 5.32 Å². The van der Waals surface area contributed by atoms with E-state index in [0.717, 1.165) is 5.39 Å². The molecule has 0 spiro atoms. The largest absolute Gasteiger partial charge is 0.372 e. The topological polar surface area (TPSA) is 89.8 Å². The molecule has 0 atom stereocenters. The van der Waals surface area contributed by atoms with Crippen molar-refractivity contribution in [1.29, 1.82) is 0 Å². The van der Waals surface area contributed by atoms with Crippen molar-refractivity contribution in [2.45, 2.75) is 13.5 Å². The van der Waals surface area contributed by atoms with Gasteiger partial charge in [-0.05, 0) is 0 Å². The molecule has 18 heavy (non-hydrogen) atoms. The summed E-state index contributed by atoms with van der Waals surface area (Å²) in [4.78, 5) is 8.20. The van der Waals surface area contributed by atoms with Crippen molar-refractivity contribution in [1.82, 2.24) is 19.7 Å². The monoisotopic (exact) mass is 269 g/mol. The summed E-state index contributed by atoms with van der Waals surface area (Å²) in [6.45, 7) is 1.94. The number of hydrogen-bond acceptors (Lipinski definition) is 6. The molecule has 0 radical (unpaired) electrons. The molecule has 1 N–H and O–H groups in total. The fraction of sp³-hybridized carbons (Fsp3) is 0.500. The van der Waals surface area contributed by atoms with E-state index in [0.29, 0.717) is 18.0 Å². The van der Waals surface area contributed by atoms with E-state index in [1.54, 1.807) is 24.9 Å². The molecule has 0 saturated heterocycles. The van der Waals surface area contributed by atoms with Gasteiger partial charge in [0.25, 0.3) is 0 Å². The van der Waals surface area contributed by atoms with Crippen molar-refractivity contribution in [2.24, 2.45) is 0 Å². The Bertz CT molecular complexity index is 649. The molecular weight excluding hydrogens is 254 g/mol. The third-order valence-corrected chi connectivity index (χ3v) is 4.41. The zero-order chi connectivity index (χ0) is 13.2. The molecule has 0 bridgehead atoms. The van der Waals surface area contributed by atoms with Crippen LogP contribution in [0, 0.1) is 0 Å². The number of aromatic nitrogens is 4. The third kappa shape index (κ3) is 2.42. The Labute approximate surface area is 105 Å². The van der Waals surface area contributed by atoms with Crippen LogP contribution in [0.25, 0.3) is 11.0 Å². The normalized spacial score (nSPS) is 11.9. The number of nitrogens with one attached hydrogen (secondary N) is 1. The molecule has 0 aliphatic heterocycles. The second-order valence-corrected chi connectivity index (χ2v) is 6.29. The summed E-state index contributed by atoms with van der Waals surface area (Å²) in [7, 11) is -1.24. The first-order valence-corrected chi connectivity index (χ1v) is 7.44. The number of sulfone groups is 1. The van der Waals surface area contributed by atoms with E-state index in [1.165, 1.54) is 6.33 Å². The molecule has 8 heteroatoms. The van der Waals surface area contributed by atoms with Gasteiger partial charge in [0, 0.05) is 12.8 Å². The predicted octanol–water partition coefficient (Wildman–Crippen LogP) is 0.303. The lowest BCUT2D eigenvalue weighted by atomic mass is 10.4. The zero-order valence-corrected chi connectivity index (χ0v) is 11.1. The van der Waals surface area contributed by atoms with E-state index < -0.39 is 9.84 Å². The molecule has 2 aromatic heterocycles. The highest BCUT2D eigenvalue weighted by atomic mass is 32.2. The summed E-state index contributed by atoms with van der Waals surface area (Å²) in [5.74, 6) is 0.895. The van der Waals surface area contributed by atoms with Gasteiger partial charge in [0.1, 0.15) is 12.1 Å². The molecule has 2 heterocycles. The van der Waals surface area contributed by atoms with Gasteiger partial charge < -0.3 is 5.32 Å². The van der Waals surface area contributed by atoms with Crippen molar-refractivity contribution in [3.05, 3.63) is 12.5 Å². The highest BCUT2D eigenvalue weighted by Crippen LogP contribution is 2.17. The molecule has 0 fully saturated rings. The van der Waals surface area contributed by atoms with Crippen molar-refractivity contribution in [3.8, 4) is 0 Å². The Morgan fingerprint density at radius 3 is 2.83 bits per heavy atom. The minimum atomic E-state index is -3.00. The first kappa shape index (κ1) is 12.7. The van der Waals surface area contributed by atoms with Gasteiger partial charge in [-0.15, -0.1) is 0 Å². The quantitative estimate of drug-likeness (QED) is 0.839. The fourth-order valence-electron chi connectivity index (χ4n) is 1.63. The van der Waals surface area contributed by atoms with Crippen LogP contribution in [-0.4, -0.2) is 46.7 Å². The summed E-state index contributed by atoms with van der Waals surface area (Å²) in [5.41, 5.74) is 0.639. The molecule has 98 valence electrons. The van der Waals surface area contributed by atoms with E-state index in [4.69, 9.17) is 0 Å². The number of rotatable bonds is 5. The molecule has 0 amide bonds. The van der Waals surface area contributed by atoms with E-state index in [2.05, 4.69) is 20.4 Å². The smallest absolute Gasteiger partial charge is 0.163 e. The molecule has 2 aromatic rings. The van der Waals surface area contributed by atoms with Crippen LogP contribution in [-0.2, 0) is 16.4 Å². The number of hydrogen-bond donors (Lipinski definition) is 1. The number of anilines is 1. The lowest BCUT2D eigenvalue weighted by Crippen LogP contribution is -2.15. The Hall–Kier alpha value is -1.70. The second kappa shape index (κ2) is 4.89. The summed E-state index contributed by atoms with van der Waals surface area (Å²) in [5, 5.41) is 7.88. The Kier molecular flexibility index (Phi) is 3.46. The third-order valence-electron chi connectivity index (χ3n) is 2.72. The number of fused-ring (bicyclic) bond motifs is 1. The maximum atomic E-state index is 11.5. The van der Waals surface area contributed by atoms with Gasteiger partial charge in [0.05, 0.1) is 23.9 Å². The number of nitrogens with zero attached hydrogens (tertiary/aromatic N) is 4. The van der Waals surface area contributed by atoms with Gasteiger partial charge >= 0.3 is 0 Å². The molecule has 7 nitrogen and oxygen atoms in total. The van der Waals surface area contributed by atoms with Crippen LogP contribution in [0.15, 0.2) is 12.5 Å². The molecule has 0 unspecified atom stereocenters. The van der Waals surface area contributed by atoms with E-state index in [1.807, 2.05) is 0 Å². The molecule has 2 rings (SSSR count). The lowest BCUT2D eigenvalue weighted by molar-refractivity contribution is 0.584. The number of aryl methyl sites for hydroxylation is 1. The van der Waals surface area contributed by atoms with E-state index in [-0.39, 0.29) is 11.5 Å². The fourth-order valence-corrected chi connectivity index (χ4v) is 2.37. The van der Waals surface area contributed by atoms with Gasteiger partial charge in [-0.1, -0.05) is 6.92 Å². The predicted molar refractivity (Wildman–Crippen MR) is 69.2 cm³/mol. The summed E-state index contributed by atoms with van der Waals surface area (Å²) in [6.07, 6.45) is 3.07. The Morgan fingerprint density at radius 1 is 1.39 bits per heavy atom. The van der Waals surface area contributed by atoms with Gasteiger partial charge in [-0.25, -0.2) is 23.1 Å². The molecule has 0 aliphatic rings. The maximum absolute atomic E-state index is 11.5. The minimum Gasteiger partial charge on any atom is -0.372 e. The summed E-state index contributed by atoms with van der Waals surface area (Å²) >= 11 is 0. The SMILES string of the molecule is CCS(=O)(=O)CCn1ncc2c(NC)ncnc21. The average Bonchev–Trinajstić information content (AvgIpc) is 2.79. The van der Waals surface area contributed by atoms with Crippen LogP contribution in [0.5, 0.6) is 0 Å². The van der Waals surface area contributed by atoms with Gasteiger partial charge in [-0.3, -0.25) is 0 Å². The summed E-state index contributed by atoms with van der Waals surface area (Å²) < 4.78 is 24.5. The Morgan fingerprint density at radius 2 is 2.17 bits per heavy atom. The van der Waals surface area contributed by atoms with Crippen molar-refractivity contribution in [2.75, 3.05) is 23.9 Å². The Balaban J connectivity index is 2.30. The highest BCUT2D eigenvalue weighted by Gasteiger charge is 2.12. The van der Waals surface area contributed by atoms with Crippen LogP contribution in [0.4, 0.5) is 5.82 Å². The standard InChI is InChI=1S/C10H15N5O2S/c1-3-18(16,17)5-4-15-10-8(6-14-15)9(11-2)12-7-13-10/h6-7H,3-5H2,1-2H3,(H,11,12,13). The first-order chi connectivity index (χ1) is 8.57. The van der Waals surface area contributed by atoms with Crippen LogP contribution in [0.1, 0.15) is 6.92 Å². The van der Waals surface area contributed by atoms with Gasteiger partial charge in [0.2, 0.25) is 0 Å². The second-order valence-electron chi connectivity index (χ2n) is 3.81. The molecule has 0 aliphatic carbocycles. The minimum absolute atomic E-state index is 0.0686. The summed E-state index contributed by atoms with van der Waals surface area (Å²) in [6, 6.07) is 0.